The van der Waals surface area contributed by atoms with Crippen LogP contribution in [-0.2, 0) is 5.75 Å². The molecule has 0 saturated heterocycles. The van der Waals surface area contributed by atoms with E-state index in [0.717, 1.165) is 17.5 Å². The molecule has 0 aliphatic rings. The highest BCUT2D eigenvalue weighted by Crippen LogP contribution is 2.22. The second-order valence-corrected chi connectivity index (χ2v) is 5.13. The molecule has 9 heteroatoms. The molecule has 0 fully saturated rings. The number of aromatic nitrogens is 5. The van der Waals surface area contributed by atoms with Crippen LogP contribution in [0.3, 0.4) is 0 Å². The molecular weight excluding hydrogens is 306 g/mol. The second kappa shape index (κ2) is 6.39. The lowest BCUT2D eigenvalue weighted by Crippen LogP contribution is -2.08. The second-order valence-electron chi connectivity index (χ2n) is 4.17. The van der Waals surface area contributed by atoms with Crippen molar-refractivity contribution in [3.63, 3.8) is 0 Å². The molecule has 0 aliphatic heterocycles. The fourth-order valence-electron chi connectivity index (χ4n) is 1.66. The third kappa shape index (κ3) is 3.31. The molecular formula is C13H11N5O3S. The fourth-order valence-corrected chi connectivity index (χ4v) is 2.32. The molecule has 0 radical (unpaired) electrons. The van der Waals surface area contributed by atoms with E-state index in [-0.39, 0.29) is 5.56 Å². The number of rotatable bonds is 5. The van der Waals surface area contributed by atoms with E-state index < -0.39 is 0 Å². The first-order valence-electron chi connectivity index (χ1n) is 6.26. The minimum atomic E-state index is -0.304. The lowest BCUT2D eigenvalue weighted by atomic mass is 10.2. The van der Waals surface area contributed by atoms with Crippen LogP contribution < -0.4 is 10.3 Å². The van der Waals surface area contributed by atoms with Crippen LogP contribution in [0.5, 0.6) is 5.75 Å². The first kappa shape index (κ1) is 14.3. The maximum absolute atomic E-state index is 11.1. The van der Waals surface area contributed by atoms with E-state index in [1.54, 1.807) is 7.11 Å². The zero-order chi connectivity index (χ0) is 15.4. The first-order valence-corrected chi connectivity index (χ1v) is 7.25. The van der Waals surface area contributed by atoms with Crippen LogP contribution in [0.2, 0.25) is 0 Å². The van der Waals surface area contributed by atoms with E-state index in [0.29, 0.717) is 22.6 Å². The summed E-state index contributed by atoms with van der Waals surface area (Å²) in [7, 11) is 1.61. The number of hydrogen-bond donors (Lipinski definition) is 1. The minimum Gasteiger partial charge on any atom is -0.497 e. The van der Waals surface area contributed by atoms with Gasteiger partial charge in [-0.3, -0.25) is 9.78 Å². The van der Waals surface area contributed by atoms with Gasteiger partial charge < -0.3 is 9.26 Å². The van der Waals surface area contributed by atoms with Crippen LogP contribution in [-0.4, -0.2) is 32.4 Å². The molecule has 0 spiro atoms. The van der Waals surface area contributed by atoms with Gasteiger partial charge in [0.25, 0.3) is 5.56 Å². The molecule has 0 atom stereocenters. The molecule has 0 amide bonds. The molecule has 0 bridgehead atoms. The number of thioether (sulfide) groups is 1. The Kier molecular flexibility index (Phi) is 4.15. The van der Waals surface area contributed by atoms with Crippen molar-refractivity contribution in [1.82, 2.24) is 25.3 Å². The van der Waals surface area contributed by atoms with Gasteiger partial charge in [-0.1, -0.05) is 16.9 Å². The number of benzene rings is 1. The zero-order valence-corrected chi connectivity index (χ0v) is 12.3. The molecule has 0 unspecified atom stereocenters. The summed E-state index contributed by atoms with van der Waals surface area (Å²) < 4.78 is 10.3. The van der Waals surface area contributed by atoms with Gasteiger partial charge in [0.15, 0.2) is 5.16 Å². The summed E-state index contributed by atoms with van der Waals surface area (Å²) in [4.78, 5) is 18.0. The van der Waals surface area contributed by atoms with Crippen LogP contribution in [0, 0.1) is 0 Å². The minimum absolute atomic E-state index is 0.304. The Morgan fingerprint density at radius 1 is 1.32 bits per heavy atom. The van der Waals surface area contributed by atoms with Crippen LogP contribution >= 0.6 is 11.8 Å². The number of hydrogen-bond acceptors (Lipinski definition) is 8. The van der Waals surface area contributed by atoms with Gasteiger partial charge in [0.05, 0.1) is 12.9 Å². The van der Waals surface area contributed by atoms with Crippen molar-refractivity contribution in [2.24, 2.45) is 0 Å². The van der Waals surface area contributed by atoms with Gasteiger partial charge in [0, 0.05) is 5.56 Å². The van der Waals surface area contributed by atoms with Crippen molar-refractivity contribution in [1.29, 1.82) is 0 Å². The molecule has 2 aromatic heterocycles. The highest BCUT2D eigenvalue weighted by atomic mass is 32.2. The third-order valence-electron chi connectivity index (χ3n) is 2.70. The third-order valence-corrected chi connectivity index (χ3v) is 3.55. The van der Waals surface area contributed by atoms with Gasteiger partial charge in [-0.15, -0.1) is 5.10 Å². The largest absolute Gasteiger partial charge is 0.497 e. The number of methoxy groups -OCH3 is 1. The van der Waals surface area contributed by atoms with E-state index in [4.69, 9.17) is 9.26 Å². The smallest absolute Gasteiger partial charge is 0.270 e. The summed E-state index contributed by atoms with van der Waals surface area (Å²) in [5, 5.41) is 11.7. The summed E-state index contributed by atoms with van der Waals surface area (Å²) in [6.45, 7) is 0. The van der Waals surface area contributed by atoms with Gasteiger partial charge in [-0.25, -0.2) is 0 Å². The predicted octanol–water partition coefficient (Wildman–Crippen LogP) is 1.52. The molecule has 0 aliphatic carbocycles. The SMILES string of the molecule is COc1ccc(-c2noc(CSc3nncc(=O)[nH]3)n2)cc1. The van der Waals surface area contributed by atoms with Crippen molar-refractivity contribution in [2.75, 3.05) is 7.11 Å². The Hall–Kier alpha value is -2.68. The molecule has 0 saturated carbocycles. The van der Waals surface area contributed by atoms with Crippen molar-refractivity contribution >= 4 is 11.8 Å². The number of nitrogens with one attached hydrogen (secondary N) is 1. The van der Waals surface area contributed by atoms with Crippen molar-refractivity contribution in [3.05, 3.63) is 46.7 Å². The number of H-pyrrole nitrogens is 1. The summed E-state index contributed by atoms with van der Waals surface area (Å²) >= 11 is 1.26. The monoisotopic (exact) mass is 317 g/mol. The summed E-state index contributed by atoms with van der Waals surface area (Å²) in [6.07, 6.45) is 1.11. The molecule has 3 aromatic rings. The Balaban J connectivity index is 1.69. The van der Waals surface area contributed by atoms with E-state index in [9.17, 15) is 4.79 Å². The normalized spacial score (nSPS) is 10.6. The summed E-state index contributed by atoms with van der Waals surface area (Å²) in [5.74, 6) is 2.07. The van der Waals surface area contributed by atoms with Crippen LogP contribution in [0.25, 0.3) is 11.4 Å². The standard InChI is InChI=1S/C13H11N5O3S/c1-20-9-4-2-8(3-5-9)12-16-11(21-18-12)7-22-13-15-10(19)6-14-17-13/h2-6H,7H2,1H3,(H,15,17,19). The Morgan fingerprint density at radius 3 is 2.86 bits per heavy atom. The van der Waals surface area contributed by atoms with Gasteiger partial charge in [-0.05, 0) is 24.3 Å². The Bertz CT molecular complexity index is 815. The highest BCUT2D eigenvalue weighted by molar-refractivity contribution is 7.98. The van der Waals surface area contributed by atoms with Crippen molar-refractivity contribution < 1.29 is 9.26 Å². The number of nitrogens with zero attached hydrogens (tertiary/aromatic N) is 4. The van der Waals surface area contributed by atoms with Crippen LogP contribution in [0.1, 0.15) is 5.89 Å². The van der Waals surface area contributed by atoms with Crippen LogP contribution in [0.4, 0.5) is 0 Å². The number of aromatic amines is 1. The maximum atomic E-state index is 11.1. The lowest BCUT2D eigenvalue weighted by Gasteiger charge is -1.98. The van der Waals surface area contributed by atoms with E-state index in [1.165, 1.54) is 11.8 Å². The quantitative estimate of drug-likeness (QED) is 0.706. The summed E-state index contributed by atoms with van der Waals surface area (Å²) in [6, 6.07) is 7.34. The van der Waals surface area contributed by atoms with Crippen molar-refractivity contribution in [3.8, 4) is 17.1 Å². The molecule has 8 nitrogen and oxygen atoms in total. The van der Waals surface area contributed by atoms with E-state index in [1.807, 2.05) is 24.3 Å². The zero-order valence-electron chi connectivity index (χ0n) is 11.5. The fraction of sp³-hybridized carbons (Fsp3) is 0.154. The average Bonchev–Trinajstić information content (AvgIpc) is 3.02. The molecule has 22 heavy (non-hydrogen) atoms. The lowest BCUT2D eigenvalue weighted by molar-refractivity contribution is 0.391. The maximum Gasteiger partial charge on any atom is 0.270 e. The van der Waals surface area contributed by atoms with E-state index >= 15 is 0 Å². The molecule has 3 rings (SSSR count). The number of ether oxygens (including phenoxy) is 1. The highest BCUT2D eigenvalue weighted by Gasteiger charge is 2.10. The average molecular weight is 317 g/mol. The van der Waals surface area contributed by atoms with Gasteiger partial charge in [0.1, 0.15) is 11.9 Å². The van der Waals surface area contributed by atoms with Gasteiger partial charge in [-0.2, -0.15) is 10.1 Å². The van der Waals surface area contributed by atoms with E-state index in [2.05, 4.69) is 25.3 Å². The molecule has 1 N–H and O–H groups in total. The Labute approximate surface area is 128 Å². The molecule has 2 heterocycles. The van der Waals surface area contributed by atoms with Crippen LogP contribution in [0.15, 0.2) is 44.9 Å². The summed E-state index contributed by atoms with van der Waals surface area (Å²) in [5.41, 5.74) is 0.524. The van der Waals surface area contributed by atoms with Crippen molar-refractivity contribution in [2.45, 2.75) is 10.9 Å². The van der Waals surface area contributed by atoms with Gasteiger partial charge in [0.2, 0.25) is 11.7 Å². The topological polar surface area (TPSA) is 107 Å². The Morgan fingerprint density at radius 2 is 2.14 bits per heavy atom. The van der Waals surface area contributed by atoms with Gasteiger partial charge >= 0.3 is 0 Å². The first-order chi connectivity index (χ1) is 10.7. The molecule has 112 valence electrons. The molecule has 1 aromatic carbocycles. The predicted molar refractivity (Wildman–Crippen MR) is 78.5 cm³/mol.